The van der Waals surface area contributed by atoms with Crippen molar-refractivity contribution >= 4 is 5.97 Å². The van der Waals surface area contributed by atoms with Crippen LogP contribution in [-0.2, 0) is 14.3 Å². The monoisotopic (exact) mass is 154 g/mol. The van der Waals surface area contributed by atoms with Crippen molar-refractivity contribution in [2.24, 2.45) is 0 Å². The van der Waals surface area contributed by atoms with E-state index in [1.807, 2.05) is 6.08 Å². The molecule has 1 heterocycles. The maximum absolute atomic E-state index is 10.6. The summed E-state index contributed by atoms with van der Waals surface area (Å²) in [5.74, 6) is 0.459. The molecule has 0 N–H and O–H groups in total. The van der Waals surface area contributed by atoms with Crippen LogP contribution in [0.2, 0.25) is 0 Å². The lowest BCUT2D eigenvalue weighted by Gasteiger charge is -2.06. The van der Waals surface area contributed by atoms with Crippen LogP contribution in [0.1, 0.15) is 19.8 Å². The molecule has 2 atom stereocenters. The molecule has 1 aliphatic carbocycles. The van der Waals surface area contributed by atoms with Gasteiger partial charge in [-0.2, -0.15) is 0 Å². The van der Waals surface area contributed by atoms with Crippen molar-refractivity contribution in [2.75, 3.05) is 0 Å². The van der Waals surface area contributed by atoms with Crippen LogP contribution in [-0.4, -0.2) is 18.2 Å². The molecule has 3 heteroatoms. The van der Waals surface area contributed by atoms with Gasteiger partial charge < -0.3 is 9.47 Å². The van der Waals surface area contributed by atoms with E-state index in [2.05, 4.69) is 0 Å². The first kappa shape index (κ1) is 6.85. The number of hydrogen-bond acceptors (Lipinski definition) is 3. The van der Waals surface area contributed by atoms with Crippen LogP contribution < -0.4 is 0 Å². The molecule has 1 fully saturated rings. The molecule has 0 saturated carbocycles. The van der Waals surface area contributed by atoms with Gasteiger partial charge in [0, 0.05) is 6.92 Å². The first-order chi connectivity index (χ1) is 5.27. The van der Waals surface area contributed by atoms with Gasteiger partial charge in [-0.1, -0.05) is 0 Å². The number of carbonyl (C=O) groups is 1. The van der Waals surface area contributed by atoms with Crippen molar-refractivity contribution in [1.82, 2.24) is 0 Å². The largest absolute Gasteiger partial charge is 0.429 e. The highest BCUT2D eigenvalue weighted by Crippen LogP contribution is 2.37. The second kappa shape index (κ2) is 2.34. The highest BCUT2D eigenvalue weighted by Gasteiger charge is 2.45. The van der Waals surface area contributed by atoms with Crippen LogP contribution in [0.3, 0.4) is 0 Å². The van der Waals surface area contributed by atoms with E-state index in [4.69, 9.17) is 9.47 Å². The standard InChI is InChI=1S/C8H10O3/c1-5(9)10-6-3-2-4-7-8(6)11-7/h3,7-8H,2,4H2,1H3. The third-order valence-corrected chi connectivity index (χ3v) is 1.92. The van der Waals surface area contributed by atoms with Crippen molar-refractivity contribution < 1.29 is 14.3 Å². The lowest BCUT2D eigenvalue weighted by atomic mass is 10.1. The number of esters is 1. The van der Waals surface area contributed by atoms with Crippen molar-refractivity contribution in [1.29, 1.82) is 0 Å². The van der Waals surface area contributed by atoms with Gasteiger partial charge in [-0.3, -0.25) is 4.79 Å². The number of carbonyl (C=O) groups excluding carboxylic acids is 1. The Balaban J connectivity index is 2.01. The minimum Gasteiger partial charge on any atom is -0.429 e. The molecule has 0 amide bonds. The van der Waals surface area contributed by atoms with E-state index in [1.165, 1.54) is 6.92 Å². The number of ether oxygens (including phenoxy) is 2. The number of fused-ring (bicyclic) bond motifs is 1. The second-order valence-corrected chi connectivity index (χ2v) is 2.87. The van der Waals surface area contributed by atoms with Gasteiger partial charge in [0.1, 0.15) is 11.9 Å². The van der Waals surface area contributed by atoms with Crippen LogP contribution >= 0.6 is 0 Å². The van der Waals surface area contributed by atoms with E-state index in [9.17, 15) is 4.79 Å². The smallest absolute Gasteiger partial charge is 0.307 e. The summed E-state index contributed by atoms with van der Waals surface area (Å²) >= 11 is 0. The summed E-state index contributed by atoms with van der Waals surface area (Å²) in [6, 6.07) is 0. The predicted molar refractivity (Wildman–Crippen MR) is 37.7 cm³/mol. The van der Waals surface area contributed by atoms with Crippen LogP contribution in [0.5, 0.6) is 0 Å². The third kappa shape index (κ3) is 1.28. The lowest BCUT2D eigenvalue weighted by Crippen LogP contribution is -2.09. The molecule has 0 aromatic carbocycles. The van der Waals surface area contributed by atoms with Crippen LogP contribution in [0.25, 0.3) is 0 Å². The summed E-state index contributed by atoms with van der Waals surface area (Å²) in [5.41, 5.74) is 0. The van der Waals surface area contributed by atoms with E-state index in [1.54, 1.807) is 0 Å². The van der Waals surface area contributed by atoms with Crippen LogP contribution in [0.15, 0.2) is 11.8 Å². The highest BCUT2D eigenvalue weighted by molar-refractivity contribution is 5.67. The fraction of sp³-hybridized carbons (Fsp3) is 0.625. The molecule has 1 aliphatic heterocycles. The molecule has 0 aromatic heterocycles. The number of hydrogen-bond donors (Lipinski definition) is 0. The van der Waals surface area contributed by atoms with Gasteiger partial charge in [-0.25, -0.2) is 0 Å². The lowest BCUT2D eigenvalue weighted by molar-refractivity contribution is -0.137. The van der Waals surface area contributed by atoms with Crippen molar-refractivity contribution in [3.8, 4) is 0 Å². The van der Waals surface area contributed by atoms with Crippen LogP contribution in [0, 0.1) is 0 Å². The van der Waals surface area contributed by atoms with E-state index < -0.39 is 0 Å². The molecule has 3 nitrogen and oxygen atoms in total. The normalized spacial score (nSPS) is 33.7. The second-order valence-electron chi connectivity index (χ2n) is 2.87. The van der Waals surface area contributed by atoms with Gasteiger partial charge in [0.15, 0.2) is 0 Å². The Morgan fingerprint density at radius 3 is 3.36 bits per heavy atom. The van der Waals surface area contributed by atoms with Gasteiger partial charge in [0.05, 0.1) is 6.10 Å². The Morgan fingerprint density at radius 2 is 2.64 bits per heavy atom. The Labute approximate surface area is 65.0 Å². The molecular weight excluding hydrogens is 144 g/mol. The maximum Gasteiger partial charge on any atom is 0.307 e. The van der Waals surface area contributed by atoms with Crippen molar-refractivity contribution in [2.45, 2.75) is 32.0 Å². The molecule has 0 radical (unpaired) electrons. The van der Waals surface area contributed by atoms with E-state index in [0.29, 0.717) is 11.9 Å². The molecule has 0 bridgehead atoms. The van der Waals surface area contributed by atoms with Crippen LogP contribution in [0.4, 0.5) is 0 Å². The zero-order valence-electron chi connectivity index (χ0n) is 6.37. The molecule has 2 rings (SSSR count). The Hall–Kier alpha value is -0.830. The summed E-state index contributed by atoms with van der Waals surface area (Å²) in [5, 5.41) is 0. The minimum atomic E-state index is -0.257. The van der Waals surface area contributed by atoms with E-state index in [-0.39, 0.29) is 12.1 Å². The van der Waals surface area contributed by atoms with Crippen molar-refractivity contribution in [3.05, 3.63) is 11.8 Å². The first-order valence-corrected chi connectivity index (χ1v) is 3.81. The molecule has 2 unspecified atom stereocenters. The minimum absolute atomic E-state index is 0.0904. The molecule has 11 heavy (non-hydrogen) atoms. The fourth-order valence-corrected chi connectivity index (χ4v) is 1.38. The topological polar surface area (TPSA) is 38.8 Å². The molecule has 1 saturated heterocycles. The average Bonchev–Trinajstić information content (AvgIpc) is 2.65. The van der Waals surface area contributed by atoms with E-state index >= 15 is 0 Å². The zero-order valence-corrected chi connectivity index (χ0v) is 6.37. The predicted octanol–water partition coefficient (Wildman–Crippen LogP) is 0.995. The summed E-state index contributed by atoms with van der Waals surface area (Å²) in [7, 11) is 0. The number of rotatable bonds is 1. The molecule has 2 aliphatic rings. The molecular formula is C8H10O3. The van der Waals surface area contributed by atoms with Gasteiger partial charge in [-0.05, 0) is 18.9 Å². The summed E-state index contributed by atoms with van der Waals surface area (Å²) in [6.07, 6.45) is 4.39. The average molecular weight is 154 g/mol. The van der Waals surface area contributed by atoms with Gasteiger partial charge in [0.25, 0.3) is 0 Å². The third-order valence-electron chi connectivity index (χ3n) is 1.92. The first-order valence-electron chi connectivity index (χ1n) is 3.81. The number of allylic oxidation sites excluding steroid dienone is 1. The molecule has 60 valence electrons. The summed E-state index contributed by atoms with van der Waals surface area (Å²) in [6.45, 7) is 1.41. The zero-order chi connectivity index (χ0) is 7.84. The Morgan fingerprint density at radius 1 is 1.82 bits per heavy atom. The van der Waals surface area contributed by atoms with Gasteiger partial charge in [0.2, 0.25) is 0 Å². The van der Waals surface area contributed by atoms with E-state index in [0.717, 1.165) is 12.8 Å². The van der Waals surface area contributed by atoms with Gasteiger partial charge in [-0.15, -0.1) is 0 Å². The van der Waals surface area contributed by atoms with Gasteiger partial charge >= 0.3 is 5.97 Å². The highest BCUT2D eigenvalue weighted by atomic mass is 16.6. The number of epoxide rings is 1. The summed E-state index contributed by atoms with van der Waals surface area (Å²) < 4.78 is 10.2. The quantitative estimate of drug-likeness (QED) is 0.417. The Kier molecular flexibility index (Phi) is 1.46. The summed E-state index contributed by atoms with van der Waals surface area (Å²) in [4.78, 5) is 10.6. The Bertz CT molecular complexity index is 219. The molecule has 0 spiro atoms. The van der Waals surface area contributed by atoms with Crippen molar-refractivity contribution in [3.63, 3.8) is 0 Å². The molecule has 0 aromatic rings. The maximum atomic E-state index is 10.6. The fourth-order valence-electron chi connectivity index (χ4n) is 1.38. The SMILES string of the molecule is CC(=O)OC1=CCCC2OC12.